The lowest BCUT2D eigenvalue weighted by atomic mass is 9.97. The number of anilines is 1. The van der Waals surface area contributed by atoms with Gasteiger partial charge in [0.05, 0.1) is 11.9 Å². The number of aryl methyl sites for hydroxylation is 1. The lowest BCUT2D eigenvalue weighted by molar-refractivity contribution is -0.120. The van der Waals surface area contributed by atoms with Crippen molar-refractivity contribution in [2.24, 2.45) is 18.0 Å². The van der Waals surface area contributed by atoms with E-state index in [2.05, 4.69) is 15.4 Å². The Morgan fingerprint density at radius 3 is 2.48 bits per heavy atom. The number of amides is 2. The van der Waals surface area contributed by atoms with E-state index in [-0.39, 0.29) is 18.5 Å². The maximum atomic E-state index is 12.7. The summed E-state index contributed by atoms with van der Waals surface area (Å²) in [5, 5.41) is 7.58. The van der Waals surface area contributed by atoms with Gasteiger partial charge in [-0.1, -0.05) is 0 Å². The number of piperidine rings is 1. The number of nitrogens with zero attached hydrogens (tertiary/aromatic N) is 6. The fourth-order valence-electron chi connectivity index (χ4n) is 3.89. The Morgan fingerprint density at radius 2 is 1.94 bits per heavy atom. The number of hydrogen-bond acceptors (Lipinski definition) is 5. The van der Waals surface area contributed by atoms with Crippen molar-refractivity contribution >= 4 is 23.6 Å². The molecule has 0 bridgehead atoms. The molecule has 10 heteroatoms. The summed E-state index contributed by atoms with van der Waals surface area (Å²) in [5.41, 5.74) is 0.354. The van der Waals surface area contributed by atoms with Gasteiger partial charge in [-0.3, -0.25) is 14.5 Å². The summed E-state index contributed by atoms with van der Waals surface area (Å²) in [5.74, 6) is 1.23. The van der Waals surface area contributed by atoms with Gasteiger partial charge in [-0.05, 0) is 39.5 Å². The molecule has 172 valence electrons. The highest BCUT2D eigenvalue weighted by molar-refractivity contribution is 5.98. The van der Waals surface area contributed by atoms with Gasteiger partial charge in [-0.25, -0.2) is 4.79 Å². The van der Waals surface area contributed by atoms with Crippen LogP contribution >= 0.6 is 0 Å². The van der Waals surface area contributed by atoms with Gasteiger partial charge in [0.2, 0.25) is 5.91 Å². The Labute approximate surface area is 184 Å². The lowest BCUT2D eigenvalue weighted by Crippen LogP contribution is -2.56. The van der Waals surface area contributed by atoms with Crippen LogP contribution in [0.25, 0.3) is 0 Å². The van der Waals surface area contributed by atoms with Gasteiger partial charge in [-0.15, -0.1) is 0 Å². The second kappa shape index (κ2) is 9.57. The number of nitrogens with one attached hydrogen (secondary N) is 1. The molecule has 31 heavy (non-hydrogen) atoms. The van der Waals surface area contributed by atoms with E-state index in [0.29, 0.717) is 32.1 Å². The lowest BCUT2D eigenvalue weighted by Gasteiger charge is -2.36. The number of guanidine groups is 1. The van der Waals surface area contributed by atoms with Crippen LogP contribution in [0.5, 0.6) is 0 Å². The van der Waals surface area contributed by atoms with Crippen molar-refractivity contribution in [2.75, 3.05) is 51.2 Å². The standard InChI is InChI=1S/C21H35N7O3/c1-21(2,3)31-20(30)26-8-6-16(7-9-26)12-23-19(22-4)27-10-11-28(18(29)15-27)17-13-24-25(5)14-17/h13-14,16H,6-12,15H2,1-5H3,(H,22,23). The summed E-state index contributed by atoms with van der Waals surface area (Å²) in [6.45, 7) is 9.40. The number of ether oxygens (including phenoxy) is 1. The molecule has 3 heterocycles. The Hall–Kier alpha value is -2.78. The molecule has 2 amide bonds. The summed E-state index contributed by atoms with van der Waals surface area (Å²) < 4.78 is 7.16. The Balaban J connectivity index is 1.44. The summed E-state index contributed by atoms with van der Waals surface area (Å²) in [7, 11) is 3.58. The molecule has 2 saturated heterocycles. The molecular weight excluding hydrogens is 398 g/mol. The number of rotatable bonds is 3. The Bertz CT molecular complexity index is 806. The second-order valence-electron chi connectivity index (χ2n) is 9.18. The molecule has 3 rings (SSSR count). The van der Waals surface area contributed by atoms with E-state index in [1.807, 2.05) is 38.9 Å². The van der Waals surface area contributed by atoms with E-state index in [9.17, 15) is 9.59 Å². The quantitative estimate of drug-likeness (QED) is 0.570. The number of aromatic nitrogens is 2. The third-order valence-electron chi connectivity index (χ3n) is 5.55. The fraction of sp³-hybridized carbons (Fsp3) is 0.714. The molecule has 0 saturated carbocycles. The highest BCUT2D eigenvalue weighted by atomic mass is 16.6. The van der Waals surface area contributed by atoms with Crippen LogP contribution in [0.1, 0.15) is 33.6 Å². The number of carbonyl (C=O) groups excluding carboxylic acids is 2. The monoisotopic (exact) mass is 433 g/mol. The van der Waals surface area contributed by atoms with E-state index in [1.165, 1.54) is 0 Å². The Kier molecular flexibility index (Phi) is 7.07. The first-order valence-electron chi connectivity index (χ1n) is 10.9. The molecule has 1 N–H and O–H groups in total. The van der Waals surface area contributed by atoms with Crippen LogP contribution in [0.4, 0.5) is 10.5 Å². The van der Waals surface area contributed by atoms with Gasteiger partial charge in [0, 0.05) is 53.0 Å². The van der Waals surface area contributed by atoms with Crippen molar-refractivity contribution in [2.45, 2.75) is 39.2 Å². The molecule has 1 aromatic heterocycles. The average molecular weight is 434 g/mol. The summed E-state index contributed by atoms with van der Waals surface area (Å²) in [4.78, 5) is 34.8. The number of likely N-dealkylation sites (tertiary alicyclic amines) is 1. The smallest absolute Gasteiger partial charge is 0.410 e. The number of carbonyl (C=O) groups is 2. The van der Waals surface area contributed by atoms with Crippen molar-refractivity contribution in [3.8, 4) is 0 Å². The molecular formula is C21H35N7O3. The predicted molar refractivity (Wildman–Crippen MR) is 119 cm³/mol. The SMILES string of the molecule is CN=C(NCC1CCN(C(=O)OC(C)(C)C)CC1)N1CCN(c2cnn(C)c2)C(=O)C1. The predicted octanol–water partition coefficient (Wildman–Crippen LogP) is 1.29. The normalized spacial score (nSPS) is 19.1. The molecule has 0 atom stereocenters. The molecule has 0 unspecified atom stereocenters. The zero-order valence-corrected chi connectivity index (χ0v) is 19.3. The van der Waals surface area contributed by atoms with Crippen molar-refractivity contribution in [1.82, 2.24) is 24.9 Å². The van der Waals surface area contributed by atoms with Gasteiger partial charge in [0.25, 0.3) is 0 Å². The second-order valence-corrected chi connectivity index (χ2v) is 9.18. The van der Waals surface area contributed by atoms with Crippen molar-refractivity contribution in [3.63, 3.8) is 0 Å². The molecule has 2 aliphatic rings. The molecule has 2 aliphatic heterocycles. The van der Waals surface area contributed by atoms with E-state index in [0.717, 1.165) is 31.0 Å². The summed E-state index contributed by atoms with van der Waals surface area (Å²) >= 11 is 0. The van der Waals surface area contributed by atoms with Gasteiger partial charge in [0.1, 0.15) is 12.1 Å². The number of aliphatic imine (C=N–C) groups is 1. The minimum Gasteiger partial charge on any atom is -0.444 e. The van der Waals surface area contributed by atoms with Gasteiger partial charge in [0.15, 0.2) is 5.96 Å². The van der Waals surface area contributed by atoms with Crippen LogP contribution in [-0.2, 0) is 16.6 Å². The van der Waals surface area contributed by atoms with Crippen molar-refractivity contribution < 1.29 is 14.3 Å². The highest BCUT2D eigenvalue weighted by Gasteiger charge is 2.29. The van der Waals surface area contributed by atoms with E-state index in [4.69, 9.17) is 4.74 Å². The molecule has 0 radical (unpaired) electrons. The first-order valence-corrected chi connectivity index (χ1v) is 10.9. The number of hydrogen-bond donors (Lipinski definition) is 1. The fourth-order valence-corrected chi connectivity index (χ4v) is 3.89. The van der Waals surface area contributed by atoms with Crippen molar-refractivity contribution in [1.29, 1.82) is 0 Å². The van der Waals surface area contributed by atoms with Crippen LogP contribution in [0.15, 0.2) is 17.4 Å². The van der Waals surface area contributed by atoms with Gasteiger partial charge < -0.3 is 24.8 Å². The van der Waals surface area contributed by atoms with E-state index < -0.39 is 5.60 Å². The molecule has 0 aromatic carbocycles. The van der Waals surface area contributed by atoms with Crippen LogP contribution in [-0.4, -0.2) is 89.5 Å². The topological polar surface area (TPSA) is 95.3 Å². The maximum absolute atomic E-state index is 12.7. The molecule has 2 fully saturated rings. The van der Waals surface area contributed by atoms with E-state index >= 15 is 0 Å². The first kappa shape index (κ1) is 22.9. The van der Waals surface area contributed by atoms with Crippen LogP contribution in [0.3, 0.4) is 0 Å². The Morgan fingerprint density at radius 1 is 1.23 bits per heavy atom. The van der Waals surface area contributed by atoms with E-state index in [1.54, 1.807) is 27.7 Å². The minimum atomic E-state index is -0.472. The molecule has 1 aromatic rings. The molecule has 0 aliphatic carbocycles. The van der Waals surface area contributed by atoms with Gasteiger partial charge in [-0.2, -0.15) is 5.10 Å². The minimum absolute atomic E-state index is 0.0351. The van der Waals surface area contributed by atoms with Crippen molar-refractivity contribution in [3.05, 3.63) is 12.4 Å². The maximum Gasteiger partial charge on any atom is 0.410 e. The highest BCUT2D eigenvalue weighted by Crippen LogP contribution is 2.20. The van der Waals surface area contributed by atoms with Crippen LogP contribution < -0.4 is 10.2 Å². The number of piperazine rings is 1. The largest absolute Gasteiger partial charge is 0.444 e. The third kappa shape index (κ3) is 6.11. The third-order valence-corrected chi connectivity index (χ3v) is 5.55. The zero-order chi connectivity index (χ0) is 22.6. The zero-order valence-electron chi connectivity index (χ0n) is 19.3. The molecule has 0 spiro atoms. The summed E-state index contributed by atoms with van der Waals surface area (Å²) in [6.07, 6.45) is 5.15. The summed E-state index contributed by atoms with van der Waals surface area (Å²) in [6, 6.07) is 0. The average Bonchev–Trinajstić information content (AvgIpc) is 3.13. The first-order chi connectivity index (χ1) is 14.7. The molecule has 10 nitrogen and oxygen atoms in total. The van der Waals surface area contributed by atoms with Gasteiger partial charge >= 0.3 is 6.09 Å². The van der Waals surface area contributed by atoms with Crippen LogP contribution in [0, 0.1) is 5.92 Å². The van der Waals surface area contributed by atoms with Crippen LogP contribution in [0.2, 0.25) is 0 Å².